The number of para-hydroxylation sites is 1. The zero-order valence-corrected chi connectivity index (χ0v) is 14.4. The molecule has 2 aromatic rings. The van der Waals surface area contributed by atoms with Crippen LogP contribution in [0.3, 0.4) is 0 Å². The van der Waals surface area contributed by atoms with Crippen molar-refractivity contribution in [2.45, 2.75) is 32.8 Å². The van der Waals surface area contributed by atoms with E-state index < -0.39 is 6.10 Å². The van der Waals surface area contributed by atoms with Gasteiger partial charge in [-0.1, -0.05) is 36.7 Å². The Balaban J connectivity index is 1.88. The summed E-state index contributed by atoms with van der Waals surface area (Å²) in [6.45, 7) is 5.74. The van der Waals surface area contributed by atoms with E-state index in [0.29, 0.717) is 12.3 Å². The summed E-state index contributed by atoms with van der Waals surface area (Å²) in [5, 5.41) is 17.1. The summed E-state index contributed by atoms with van der Waals surface area (Å²) in [4.78, 5) is 0. The molecule has 0 saturated carbocycles. The van der Waals surface area contributed by atoms with E-state index in [0.717, 1.165) is 36.4 Å². The monoisotopic (exact) mass is 330 g/mol. The Labute approximate surface area is 143 Å². The first-order valence-electron chi connectivity index (χ1n) is 8.41. The Bertz CT molecular complexity index is 637. The fourth-order valence-corrected chi connectivity index (χ4v) is 2.20. The first-order chi connectivity index (χ1) is 11.7. The number of nitrogens with zero attached hydrogens (tertiary/aromatic N) is 1. The lowest BCUT2D eigenvalue weighted by Gasteiger charge is -2.14. The van der Waals surface area contributed by atoms with E-state index in [1.54, 1.807) is 0 Å². The van der Waals surface area contributed by atoms with Gasteiger partial charge in [0.1, 0.15) is 18.5 Å². The number of benzene rings is 1. The smallest absolute Gasteiger partial charge is 0.159 e. The molecule has 2 rings (SSSR count). The molecule has 0 fully saturated rings. The predicted octanol–water partition coefficient (Wildman–Crippen LogP) is 3.28. The second kappa shape index (κ2) is 9.90. The van der Waals surface area contributed by atoms with Gasteiger partial charge in [-0.2, -0.15) is 0 Å². The SMILES string of the molecule is CCCCNCC(O)COc1ccccc1C=Cc1cc(C)no1. The van der Waals surface area contributed by atoms with Crippen molar-refractivity contribution in [2.75, 3.05) is 19.7 Å². The summed E-state index contributed by atoms with van der Waals surface area (Å²) in [5.74, 6) is 1.43. The number of unbranched alkanes of at least 4 members (excludes halogenated alkanes) is 1. The van der Waals surface area contributed by atoms with Gasteiger partial charge in [0, 0.05) is 18.2 Å². The molecule has 5 heteroatoms. The molecule has 0 spiro atoms. The predicted molar refractivity (Wildman–Crippen MR) is 95.9 cm³/mol. The Morgan fingerprint density at radius 3 is 2.92 bits per heavy atom. The van der Waals surface area contributed by atoms with Gasteiger partial charge in [0.05, 0.1) is 5.69 Å². The average Bonchev–Trinajstić information content (AvgIpc) is 3.01. The number of hydrogen-bond acceptors (Lipinski definition) is 5. The highest BCUT2D eigenvalue weighted by atomic mass is 16.5. The normalized spacial score (nSPS) is 12.6. The molecule has 130 valence electrons. The summed E-state index contributed by atoms with van der Waals surface area (Å²) in [7, 11) is 0. The largest absolute Gasteiger partial charge is 0.490 e. The zero-order chi connectivity index (χ0) is 17.2. The van der Waals surface area contributed by atoms with Crippen LogP contribution in [0.2, 0.25) is 0 Å². The quantitative estimate of drug-likeness (QED) is 0.654. The van der Waals surface area contributed by atoms with Crippen molar-refractivity contribution in [3.05, 3.63) is 47.3 Å². The minimum absolute atomic E-state index is 0.255. The number of aryl methyl sites for hydroxylation is 1. The molecule has 0 aliphatic carbocycles. The van der Waals surface area contributed by atoms with Crippen LogP contribution >= 0.6 is 0 Å². The highest BCUT2D eigenvalue weighted by molar-refractivity contribution is 5.70. The summed E-state index contributed by atoms with van der Waals surface area (Å²) in [6, 6.07) is 9.58. The molecule has 1 aromatic heterocycles. The van der Waals surface area contributed by atoms with Crippen molar-refractivity contribution in [1.82, 2.24) is 10.5 Å². The fraction of sp³-hybridized carbons (Fsp3) is 0.421. The van der Waals surface area contributed by atoms with Crippen molar-refractivity contribution in [3.63, 3.8) is 0 Å². The van der Waals surface area contributed by atoms with Crippen LogP contribution in [0.4, 0.5) is 0 Å². The fourth-order valence-electron chi connectivity index (χ4n) is 2.20. The van der Waals surface area contributed by atoms with Crippen LogP contribution in [0, 0.1) is 6.92 Å². The zero-order valence-electron chi connectivity index (χ0n) is 14.4. The Hall–Kier alpha value is -2.11. The van der Waals surface area contributed by atoms with Crippen molar-refractivity contribution in [2.24, 2.45) is 0 Å². The molecule has 0 bridgehead atoms. The third-order valence-electron chi connectivity index (χ3n) is 3.51. The van der Waals surface area contributed by atoms with E-state index in [1.165, 1.54) is 0 Å². The van der Waals surface area contributed by atoms with Crippen molar-refractivity contribution >= 4 is 12.2 Å². The van der Waals surface area contributed by atoms with Gasteiger partial charge < -0.3 is 19.7 Å². The van der Waals surface area contributed by atoms with Crippen LogP contribution in [0.1, 0.15) is 36.8 Å². The van der Waals surface area contributed by atoms with Gasteiger partial charge in [-0.05, 0) is 38.1 Å². The van der Waals surface area contributed by atoms with E-state index in [2.05, 4.69) is 17.4 Å². The Morgan fingerprint density at radius 1 is 1.33 bits per heavy atom. The molecule has 1 unspecified atom stereocenters. The maximum absolute atomic E-state index is 9.98. The second-order valence-electron chi connectivity index (χ2n) is 5.76. The highest BCUT2D eigenvalue weighted by Gasteiger charge is 2.07. The van der Waals surface area contributed by atoms with Crippen LogP contribution in [0.25, 0.3) is 12.2 Å². The van der Waals surface area contributed by atoms with E-state index >= 15 is 0 Å². The molecule has 5 nitrogen and oxygen atoms in total. The number of aliphatic hydroxyl groups is 1. The third-order valence-corrected chi connectivity index (χ3v) is 3.51. The number of nitrogens with one attached hydrogen (secondary N) is 1. The van der Waals surface area contributed by atoms with Gasteiger partial charge >= 0.3 is 0 Å². The maximum atomic E-state index is 9.98. The summed E-state index contributed by atoms with van der Waals surface area (Å²) in [6.07, 6.45) is 5.49. The van der Waals surface area contributed by atoms with Crippen LogP contribution in [0.15, 0.2) is 34.9 Å². The second-order valence-corrected chi connectivity index (χ2v) is 5.76. The lowest BCUT2D eigenvalue weighted by Crippen LogP contribution is -2.32. The molecule has 1 heterocycles. The third kappa shape index (κ3) is 6.18. The molecule has 1 aromatic carbocycles. The lowest BCUT2D eigenvalue weighted by molar-refractivity contribution is 0.106. The molecule has 0 aliphatic rings. The van der Waals surface area contributed by atoms with E-state index in [9.17, 15) is 5.11 Å². The van der Waals surface area contributed by atoms with Crippen molar-refractivity contribution in [1.29, 1.82) is 0 Å². The van der Waals surface area contributed by atoms with E-state index in [4.69, 9.17) is 9.26 Å². The van der Waals surface area contributed by atoms with Crippen LogP contribution < -0.4 is 10.1 Å². The van der Waals surface area contributed by atoms with E-state index in [-0.39, 0.29) is 6.61 Å². The van der Waals surface area contributed by atoms with Gasteiger partial charge in [-0.15, -0.1) is 0 Å². The van der Waals surface area contributed by atoms with Gasteiger partial charge in [-0.25, -0.2) is 0 Å². The number of rotatable bonds is 10. The highest BCUT2D eigenvalue weighted by Crippen LogP contribution is 2.21. The molecule has 2 N–H and O–H groups in total. The maximum Gasteiger partial charge on any atom is 0.159 e. The first-order valence-corrected chi connectivity index (χ1v) is 8.41. The van der Waals surface area contributed by atoms with Gasteiger partial charge in [0.2, 0.25) is 0 Å². The minimum Gasteiger partial charge on any atom is -0.490 e. The van der Waals surface area contributed by atoms with Crippen molar-refractivity contribution in [3.8, 4) is 5.75 Å². The Morgan fingerprint density at radius 2 is 2.17 bits per heavy atom. The van der Waals surface area contributed by atoms with Gasteiger partial charge in [-0.3, -0.25) is 0 Å². The lowest BCUT2D eigenvalue weighted by atomic mass is 10.2. The molecular formula is C19H26N2O3. The first kappa shape index (κ1) is 18.2. The van der Waals surface area contributed by atoms with E-state index in [1.807, 2.05) is 49.4 Å². The standard InChI is InChI=1S/C19H26N2O3/c1-3-4-11-20-13-17(22)14-23-19-8-6-5-7-16(19)9-10-18-12-15(2)21-24-18/h5-10,12,17,20,22H,3-4,11,13-14H2,1-2H3. The van der Waals surface area contributed by atoms with Gasteiger partial charge in [0.15, 0.2) is 5.76 Å². The van der Waals surface area contributed by atoms with Crippen LogP contribution in [-0.2, 0) is 0 Å². The molecule has 0 aliphatic heterocycles. The van der Waals surface area contributed by atoms with Crippen molar-refractivity contribution < 1.29 is 14.4 Å². The number of aromatic nitrogens is 1. The molecule has 1 atom stereocenters. The van der Waals surface area contributed by atoms with Crippen LogP contribution in [0.5, 0.6) is 5.75 Å². The molecule has 0 radical (unpaired) electrons. The summed E-state index contributed by atoms with van der Waals surface area (Å²) in [5.41, 5.74) is 1.77. The Kier molecular flexibility index (Phi) is 7.52. The molecule has 24 heavy (non-hydrogen) atoms. The van der Waals surface area contributed by atoms with Gasteiger partial charge in [0.25, 0.3) is 0 Å². The molecule has 0 amide bonds. The van der Waals surface area contributed by atoms with Crippen LogP contribution in [-0.4, -0.2) is 36.1 Å². The molecule has 0 saturated heterocycles. The minimum atomic E-state index is -0.532. The summed E-state index contributed by atoms with van der Waals surface area (Å²) < 4.78 is 10.9. The topological polar surface area (TPSA) is 67.5 Å². The molecular weight excluding hydrogens is 304 g/mol. The average molecular weight is 330 g/mol. The number of hydrogen-bond donors (Lipinski definition) is 2. The summed E-state index contributed by atoms with van der Waals surface area (Å²) >= 11 is 0. The number of aliphatic hydroxyl groups excluding tert-OH is 1. The number of ether oxygens (including phenoxy) is 1.